The number of carbonyl (C=O) groups excluding carboxylic acids is 2. The highest BCUT2D eigenvalue weighted by Gasteiger charge is 2.55. The van der Waals surface area contributed by atoms with Gasteiger partial charge in [-0.15, -0.1) is 0 Å². The SMILES string of the molecule is COc1ccc(C(=O)[C@@H](C)OC(=O)C23CC4CC(CC(C4)C2)C3)cc1. The summed E-state index contributed by atoms with van der Waals surface area (Å²) in [7, 11) is 1.59. The number of carbonyl (C=O) groups is 2. The van der Waals surface area contributed by atoms with Crippen LogP contribution < -0.4 is 4.74 Å². The van der Waals surface area contributed by atoms with E-state index in [0.29, 0.717) is 29.1 Å². The fraction of sp³-hybridized carbons (Fsp3) is 0.619. The van der Waals surface area contributed by atoms with Gasteiger partial charge in [-0.2, -0.15) is 0 Å². The normalized spacial score (nSPS) is 33.8. The molecule has 0 radical (unpaired) electrons. The van der Waals surface area contributed by atoms with Crippen LogP contribution in [0.2, 0.25) is 0 Å². The van der Waals surface area contributed by atoms with Gasteiger partial charge < -0.3 is 9.47 Å². The van der Waals surface area contributed by atoms with Crippen LogP contribution in [0.3, 0.4) is 0 Å². The molecular weight excluding hydrogens is 316 g/mol. The van der Waals surface area contributed by atoms with E-state index in [2.05, 4.69) is 0 Å². The Bertz CT molecular complexity index is 640. The third-order valence-electron chi connectivity index (χ3n) is 6.50. The maximum atomic E-state index is 12.9. The molecular formula is C21H26O4. The maximum absolute atomic E-state index is 12.9. The average Bonchev–Trinajstić information content (AvgIpc) is 2.60. The highest BCUT2D eigenvalue weighted by Crippen LogP contribution is 2.60. The molecule has 134 valence electrons. The first-order valence-corrected chi connectivity index (χ1v) is 9.38. The highest BCUT2D eigenvalue weighted by molar-refractivity contribution is 6.00. The zero-order valence-corrected chi connectivity index (χ0v) is 15.0. The van der Waals surface area contributed by atoms with Crippen molar-refractivity contribution in [2.24, 2.45) is 23.2 Å². The first-order chi connectivity index (χ1) is 12.0. The second-order valence-electron chi connectivity index (χ2n) is 8.34. The standard InChI is InChI=1S/C21H26O4/c1-13(19(22)17-3-5-18(24-2)6-4-17)25-20(23)21-10-14-7-15(11-21)9-16(8-14)12-21/h3-6,13-16H,7-12H2,1-2H3/t13-,14?,15?,16?,21?/m1/s1. The number of hydrogen-bond donors (Lipinski definition) is 0. The summed E-state index contributed by atoms with van der Waals surface area (Å²) in [6.45, 7) is 1.69. The summed E-state index contributed by atoms with van der Waals surface area (Å²) in [5.74, 6) is 2.47. The van der Waals surface area contributed by atoms with E-state index < -0.39 is 6.10 Å². The second-order valence-corrected chi connectivity index (χ2v) is 8.34. The number of Topliss-reactive ketones (excluding diaryl/α,β-unsaturated/α-hetero) is 1. The molecule has 4 bridgehead atoms. The van der Waals surface area contributed by atoms with Gasteiger partial charge in [0, 0.05) is 5.56 Å². The Balaban J connectivity index is 1.44. The molecule has 0 aliphatic heterocycles. The van der Waals surface area contributed by atoms with Gasteiger partial charge in [0.2, 0.25) is 5.78 Å². The fourth-order valence-electron chi connectivity index (χ4n) is 5.69. The molecule has 4 nitrogen and oxygen atoms in total. The monoisotopic (exact) mass is 342 g/mol. The van der Waals surface area contributed by atoms with Gasteiger partial charge in [-0.3, -0.25) is 9.59 Å². The number of esters is 1. The van der Waals surface area contributed by atoms with Crippen molar-refractivity contribution >= 4 is 11.8 Å². The van der Waals surface area contributed by atoms with Gasteiger partial charge in [0.1, 0.15) is 5.75 Å². The van der Waals surface area contributed by atoms with Gasteiger partial charge in [0.15, 0.2) is 6.10 Å². The molecule has 4 aliphatic carbocycles. The highest BCUT2D eigenvalue weighted by atomic mass is 16.5. The Morgan fingerprint density at radius 3 is 2.00 bits per heavy atom. The van der Waals surface area contributed by atoms with Crippen LogP contribution in [0.1, 0.15) is 55.8 Å². The molecule has 0 aromatic heterocycles. The Kier molecular flexibility index (Phi) is 4.09. The van der Waals surface area contributed by atoms with Crippen LogP contribution in [-0.4, -0.2) is 25.0 Å². The summed E-state index contributed by atoms with van der Waals surface area (Å²) in [5.41, 5.74) is 0.232. The van der Waals surface area contributed by atoms with Gasteiger partial charge in [-0.1, -0.05) is 0 Å². The summed E-state index contributed by atoms with van der Waals surface area (Å²) in [4.78, 5) is 25.5. The Morgan fingerprint density at radius 1 is 1.00 bits per heavy atom. The molecule has 0 unspecified atom stereocenters. The quantitative estimate of drug-likeness (QED) is 0.599. The smallest absolute Gasteiger partial charge is 0.312 e. The van der Waals surface area contributed by atoms with Crippen molar-refractivity contribution in [3.05, 3.63) is 29.8 Å². The van der Waals surface area contributed by atoms with Crippen LogP contribution in [0.25, 0.3) is 0 Å². The lowest BCUT2D eigenvalue weighted by molar-refractivity contribution is -0.174. The van der Waals surface area contributed by atoms with Crippen LogP contribution >= 0.6 is 0 Å². The van der Waals surface area contributed by atoms with Crippen molar-refractivity contribution in [3.8, 4) is 5.75 Å². The molecule has 1 aromatic rings. The molecule has 4 saturated carbocycles. The molecule has 1 aromatic carbocycles. The lowest BCUT2D eigenvalue weighted by atomic mass is 9.49. The number of ketones is 1. The molecule has 0 amide bonds. The van der Waals surface area contributed by atoms with Crippen molar-refractivity contribution in [3.63, 3.8) is 0 Å². The van der Waals surface area contributed by atoms with Gasteiger partial charge in [0.05, 0.1) is 12.5 Å². The van der Waals surface area contributed by atoms with E-state index in [1.807, 2.05) is 0 Å². The molecule has 25 heavy (non-hydrogen) atoms. The van der Waals surface area contributed by atoms with Crippen LogP contribution in [0.4, 0.5) is 0 Å². The zero-order chi connectivity index (χ0) is 17.6. The summed E-state index contributed by atoms with van der Waals surface area (Å²) in [6, 6.07) is 6.94. The van der Waals surface area contributed by atoms with Crippen molar-refractivity contribution in [1.29, 1.82) is 0 Å². The minimum Gasteiger partial charge on any atom is -0.497 e. The molecule has 4 heteroatoms. The minimum absolute atomic E-state index is 0.138. The van der Waals surface area contributed by atoms with E-state index in [1.165, 1.54) is 19.3 Å². The van der Waals surface area contributed by atoms with Gasteiger partial charge in [-0.25, -0.2) is 0 Å². The third-order valence-corrected chi connectivity index (χ3v) is 6.50. The summed E-state index contributed by atoms with van der Waals surface area (Å²) in [5, 5.41) is 0. The molecule has 5 rings (SSSR count). The van der Waals surface area contributed by atoms with Crippen molar-refractivity contribution < 1.29 is 19.1 Å². The topological polar surface area (TPSA) is 52.6 Å². The average molecular weight is 342 g/mol. The zero-order valence-electron chi connectivity index (χ0n) is 15.0. The van der Waals surface area contributed by atoms with E-state index in [1.54, 1.807) is 38.3 Å². The van der Waals surface area contributed by atoms with E-state index in [0.717, 1.165) is 19.3 Å². The number of benzene rings is 1. The predicted molar refractivity (Wildman–Crippen MR) is 93.5 cm³/mol. The lowest BCUT2D eigenvalue weighted by Crippen LogP contribution is -2.51. The lowest BCUT2D eigenvalue weighted by Gasteiger charge is -2.55. The Morgan fingerprint density at radius 2 is 1.52 bits per heavy atom. The fourth-order valence-corrected chi connectivity index (χ4v) is 5.69. The Labute approximate surface area is 148 Å². The van der Waals surface area contributed by atoms with Crippen LogP contribution in [-0.2, 0) is 9.53 Å². The maximum Gasteiger partial charge on any atom is 0.312 e. The van der Waals surface area contributed by atoms with E-state index >= 15 is 0 Å². The summed E-state index contributed by atoms with van der Waals surface area (Å²) >= 11 is 0. The van der Waals surface area contributed by atoms with Crippen molar-refractivity contribution in [2.45, 2.75) is 51.6 Å². The first-order valence-electron chi connectivity index (χ1n) is 9.38. The number of rotatable bonds is 5. The van der Waals surface area contributed by atoms with Crippen LogP contribution in [0.15, 0.2) is 24.3 Å². The molecule has 0 N–H and O–H groups in total. The summed E-state index contributed by atoms with van der Waals surface area (Å²) < 4.78 is 10.8. The number of ether oxygens (including phenoxy) is 2. The predicted octanol–water partition coefficient (Wildman–Crippen LogP) is 4.03. The van der Waals surface area contributed by atoms with E-state index in [4.69, 9.17) is 9.47 Å². The van der Waals surface area contributed by atoms with Gasteiger partial charge in [-0.05, 0) is 87.5 Å². The molecule has 1 atom stereocenters. The molecule has 0 spiro atoms. The van der Waals surface area contributed by atoms with E-state index in [-0.39, 0.29) is 17.2 Å². The van der Waals surface area contributed by atoms with Gasteiger partial charge >= 0.3 is 5.97 Å². The number of hydrogen-bond acceptors (Lipinski definition) is 4. The molecule has 0 saturated heterocycles. The van der Waals surface area contributed by atoms with Gasteiger partial charge in [0.25, 0.3) is 0 Å². The van der Waals surface area contributed by atoms with Crippen molar-refractivity contribution in [2.75, 3.05) is 7.11 Å². The second kappa shape index (κ2) is 6.15. The third kappa shape index (κ3) is 2.96. The Hall–Kier alpha value is -1.84. The largest absolute Gasteiger partial charge is 0.497 e. The van der Waals surface area contributed by atoms with Crippen LogP contribution in [0, 0.1) is 23.2 Å². The summed E-state index contributed by atoms with van der Waals surface area (Å²) in [6.07, 6.45) is 5.99. The molecule has 4 aliphatic rings. The molecule has 4 fully saturated rings. The van der Waals surface area contributed by atoms with E-state index in [9.17, 15) is 9.59 Å². The number of methoxy groups -OCH3 is 1. The minimum atomic E-state index is -0.742. The molecule has 0 heterocycles. The van der Waals surface area contributed by atoms with Crippen molar-refractivity contribution in [1.82, 2.24) is 0 Å². The first kappa shape index (κ1) is 16.6. The van der Waals surface area contributed by atoms with Crippen LogP contribution in [0.5, 0.6) is 5.75 Å².